The number of rotatable bonds is 5. The highest BCUT2D eigenvalue weighted by atomic mass is 32.1. The molecule has 0 spiro atoms. The van der Waals surface area contributed by atoms with Crippen LogP contribution in [-0.2, 0) is 0 Å². The second kappa shape index (κ2) is 13.1. The number of para-hydroxylation sites is 1. The van der Waals surface area contributed by atoms with Gasteiger partial charge in [0.2, 0.25) is 5.95 Å². The summed E-state index contributed by atoms with van der Waals surface area (Å²) < 4.78 is 4.84. The summed E-state index contributed by atoms with van der Waals surface area (Å²) in [6, 6.07) is 69.2. The summed E-state index contributed by atoms with van der Waals surface area (Å²) in [5.41, 5.74) is 8.56. The Morgan fingerprint density at radius 2 is 0.983 bits per heavy atom. The van der Waals surface area contributed by atoms with Crippen molar-refractivity contribution in [1.29, 1.82) is 0 Å². The third kappa shape index (κ3) is 5.25. The van der Waals surface area contributed by atoms with Crippen LogP contribution in [0.15, 0.2) is 194 Å². The topological polar surface area (TPSA) is 43.6 Å². The lowest BCUT2D eigenvalue weighted by atomic mass is 9.99. The SMILES string of the molecule is c1ccc(-c2ccc(-c3nc(-c4ccc5ccccc5c4)nc(-n4c5ccc6ccccc6c5c5cccc(-c6ccc7c(c6)sc6ccccc67)c54)n3)cc2)cc1. The van der Waals surface area contributed by atoms with Crippen LogP contribution in [0.4, 0.5) is 0 Å². The van der Waals surface area contributed by atoms with E-state index in [0.717, 1.165) is 49.6 Å². The van der Waals surface area contributed by atoms with Crippen LogP contribution in [0.3, 0.4) is 0 Å². The molecular formula is C53H32N4S. The van der Waals surface area contributed by atoms with Crippen molar-refractivity contribution in [1.82, 2.24) is 19.5 Å². The minimum absolute atomic E-state index is 0.575. The Morgan fingerprint density at radius 1 is 0.362 bits per heavy atom. The Labute approximate surface area is 338 Å². The third-order valence-electron chi connectivity index (χ3n) is 11.4. The maximum atomic E-state index is 5.38. The van der Waals surface area contributed by atoms with E-state index >= 15 is 0 Å². The van der Waals surface area contributed by atoms with Crippen LogP contribution in [-0.4, -0.2) is 19.5 Å². The first-order chi connectivity index (χ1) is 28.7. The van der Waals surface area contributed by atoms with Crippen molar-refractivity contribution >= 4 is 74.9 Å². The second-order valence-corrected chi connectivity index (χ2v) is 15.9. The Morgan fingerprint density at radius 3 is 1.84 bits per heavy atom. The largest absolute Gasteiger partial charge is 0.277 e. The van der Waals surface area contributed by atoms with Gasteiger partial charge in [-0.25, -0.2) is 4.98 Å². The van der Waals surface area contributed by atoms with E-state index in [2.05, 4.69) is 193 Å². The van der Waals surface area contributed by atoms with E-state index in [-0.39, 0.29) is 0 Å². The summed E-state index contributed by atoms with van der Waals surface area (Å²) >= 11 is 1.84. The molecule has 0 radical (unpaired) electrons. The fraction of sp³-hybridized carbons (Fsp3) is 0. The van der Waals surface area contributed by atoms with Gasteiger partial charge in [-0.3, -0.25) is 4.57 Å². The Bertz CT molecular complexity index is 3560. The standard InChI is InChI=1S/C53H32N4S/c1-2-11-33(12-3-1)35-21-24-37(25-22-35)51-54-52(40-26-23-34-13-4-5-15-38(34)31-40)56-53(55-51)57-46-30-28-36-14-6-7-16-41(36)49(46)45-19-10-18-42(50(45)57)39-27-29-44-43-17-8-9-20-47(43)58-48(44)32-39/h1-32H. The molecular weight excluding hydrogens is 725 g/mol. The van der Waals surface area contributed by atoms with Crippen molar-refractivity contribution in [2.24, 2.45) is 0 Å². The van der Waals surface area contributed by atoms with Crippen LogP contribution < -0.4 is 0 Å². The fourth-order valence-corrected chi connectivity index (χ4v) is 9.81. The Hall–Kier alpha value is -7.47. The monoisotopic (exact) mass is 756 g/mol. The van der Waals surface area contributed by atoms with Crippen LogP contribution >= 0.6 is 11.3 Å². The molecule has 0 N–H and O–H groups in total. The van der Waals surface area contributed by atoms with Gasteiger partial charge in [-0.05, 0) is 62.5 Å². The van der Waals surface area contributed by atoms with Gasteiger partial charge in [0.15, 0.2) is 11.6 Å². The molecule has 9 aromatic carbocycles. The lowest BCUT2D eigenvalue weighted by Crippen LogP contribution is -2.07. The highest BCUT2D eigenvalue weighted by molar-refractivity contribution is 7.25. The van der Waals surface area contributed by atoms with Gasteiger partial charge >= 0.3 is 0 Å². The molecule has 270 valence electrons. The number of nitrogens with zero attached hydrogens (tertiary/aromatic N) is 4. The molecule has 0 amide bonds. The Kier molecular flexibility index (Phi) is 7.37. The van der Waals surface area contributed by atoms with Crippen molar-refractivity contribution < 1.29 is 0 Å². The molecule has 0 aliphatic heterocycles. The van der Waals surface area contributed by atoms with E-state index in [4.69, 9.17) is 15.0 Å². The summed E-state index contributed by atoms with van der Waals surface area (Å²) in [5.74, 6) is 1.82. The molecule has 0 aliphatic carbocycles. The molecule has 3 aromatic heterocycles. The van der Waals surface area contributed by atoms with E-state index in [1.54, 1.807) is 0 Å². The van der Waals surface area contributed by atoms with E-state index in [1.807, 2.05) is 17.4 Å². The van der Waals surface area contributed by atoms with Gasteiger partial charge in [-0.2, -0.15) is 9.97 Å². The molecule has 0 fully saturated rings. The van der Waals surface area contributed by atoms with Crippen LogP contribution in [0.5, 0.6) is 0 Å². The van der Waals surface area contributed by atoms with Crippen LogP contribution in [0.25, 0.3) is 115 Å². The zero-order valence-electron chi connectivity index (χ0n) is 31.2. The van der Waals surface area contributed by atoms with Crippen molar-refractivity contribution in [2.75, 3.05) is 0 Å². The molecule has 3 heterocycles. The molecule has 4 nitrogen and oxygen atoms in total. The first-order valence-electron chi connectivity index (χ1n) is 19.5. The van der Waals surface area contributed by atoms with Crippen LogP contribution in [0.1, 0.15) is 0 Å². The smallest absolute Gasteiger partial charge is 0.238 e. The maximum absolute atomic E-state index is 5.38. The van der Waals surface area contributed by atoms with Crippen molar-refractivity contribution in [3.63, 3.8) is 0 Å². The number of fused-ring (bicyclic) bond motifs is 9. The quantitative estimate of drug-likeness (QED) is 0.176. The highest BCUT2D eigenvalue weighted by Gasteiger charge is 2.22. The van der Waals surface area contributed by atoms with Gasteiger partial charge in [-0.15, -0.1) is 11.3 Å². The minimum Gasteiger partial charge on any atom is -0.277 e. The molecule has 12 aromatic rings. The molecule has 0 bridgehead atoms. The van der Waals surface area contributed by atoms with Gasteiger partial charge < -0.3 is 0 Å². The van der Waals surface area contributed by atoms with Crippen molar-refractivity contribution in [3.8, 4) is 51.0 Å². The molecule has 0 aliphatic rings. The van der Waals surface area contributed by atoms with Crippen LogP contribution in [0, 0.1) is 0 Å². The average Bonchev–Trinajstić information content (AvgIpc) is 3.85. The molecule has 5 heteroatoms. The molecule has 0 saturated heterocycles. The van der Waals surface area contributed by atoms with E-state index in [9.17, 15) is 0 Å². The molecule has 12 rings (SSSR count). The van der Waals surface area contributed by atoms with Gasteiger partial charge in [0, 0.05) is 47.6 Å². The summed E-state index contributed by atoms with van der Waals surface area (Å²) in [5, 5.41) is 9.61. The first-order valence-corrected chi connectivity index (χ1v) is 20.3. The average molecular weight is 757 g/mol. The van der Waals surface area contributed by atoms with Gasteiger partial charge in [0.1, 0.15) is 0 Å². The normalized spacial score (nSPS) is 11.8. The summed E-state index contributed by atoms with van der Waals surface area (Å²) in [6.45, 7) is 0. The fourth-order valence-electron chi connectivity index (χ4n) is 8.66. The Balaban J connectivity index is 1.15. The molecule has 0 saturated carbocycles. The molecule has 58 heavy (non-hydrogen) atoms. The maximum Gasteiger partial charge on any atom is 0.238 e. The minimum atomic E-state index is 0.575. The van der Waals surface area contributed by atoms with Crippen molar-refractivity contribution in [3.05, 3.63) is 194 Å². The number of hydrogen-bond donors (Lipinski definition) is 0. The summed E-state index contributed by atoms with van der Waals surface area (Å²) in [7, 11) is 0. The highest BCUT2D eigenvalue weighted by Crippen LogP contribution is 2.43. The van der Waals surface area contributed by atoms with E-state index in [0.29, 0.717) is 17.6 Å². The van der Waals surface area contributed by atoms with E-state index in [1.165, 1.54) is 47.3 Å². The van der Waals surface area contributed by atoms with Crippen molar-refractivity contribution in [2.45, 2.75) is 0 Å². The third-order valence-corrected chi connectivity index (χ3v) is 12.6. The number of benzene rings is 9. The molecule has 0 unspecified atom stereocenters. The zero-order valence-corrected chi connectivity index (χ0v) is 32.0. The summed E-state index contributed by atoms with van der Waals surface area (Å²) in [4.78, 5) is 16.0. The number of hydrogen-bond acceptors (Lipinski definition) is 4. The van der Waals surface area contributed by atoms with Gasteiger partial charge in [0.05, 0.1) is 11.0 Å². The number of aromatic nitrogens is 4. The second-order valence-electron chi connectivity index (χ2n) is 14.8. The van der Waals surface area contributed by atoms with Gasteiger partial charge in [-0.1, -0.05) is 170 Å². The lowest BCUT2D eigenvalue weighted by molar-refractivity contribution is 0.954. The zero-order chi connectivity index (χ0) is 38.2. The predicted molar refractivity (Wildman–Crippen MR) is 244 cm³/mol. The lowest BCUT2D eigenvalue weighted by Gasteiger charge is -2.13. The van der Waals surface area contributed by atoms with Crippen LogP contribution in [0.2, 0.25) is 0 Å². The number of thiophene rings is 1. The van der Waals surface area contributed by atoms with E-state index < -0.39 is 0 Å². The summed E-state index contributed by atoms with van der Waals surface area (Å²) in [6.07, 6.45) is 0. The molecule has 0 atom stereocenters. The predicted octanol–water partition coefficient (Wildman–Crippen LogP) is 14.3. The first kappa shape index (κ1) is 32.7. The van der Waals surface area contributed by atoms with Gasteiger partial charge in [0.25, 0.3) is 0 Å².